The number of aliphatic carboxylic acids is 1. The van der Waals surface area contributed by atoms with Crippen LogP contribution in [0, 0.1) is 17.6 Å². The average molecular weight is 298 g/mol. The highest BCUT2D eigenvalue weighted by Gasteiger charge is 2.24. The molecule has 0 spiro atoms. The van der Waals surface area contributed by atoms with E-state index in [0.717, 1.165) is 12.1 Å². The highest BCUT2D eigenvalue weighted by molar-refractivity contribution is 5.94. The van der Waals surface area contributed by atoms with Crippen LogP contribution in [0.3, 0.4) is 0 Å². The minimum Gasteiger partial charge on any atom is -0.481 e. The van der Waals surface area contributed by atoms with Gasteiger partial charge in [-0.15, -0.1) is 0 Å². The van der Waals surface area contributed by atoms with E-state index in [9.17, 15) is 18.4 Å². The molecule has 0 atom stereocenters. The Morgan fingerprint density at radius 3 is 2.48 bits per heavy atom. The molecule has 0 aromatic heterocycles. The predicted octanol–water partition coefficient (Wildman–Crippen LogP) is 1.45. The van der Waals surface area contributed by atoms with Crippen molar-refractivity contribution in [2.75, 3.05) is 19.8 Å². The third-order valence-electron chi connectivity index (χ3n) is 3.58. The van der Waals surface area contributed by atoms with E-state index in [0.29, 0.717) is 25.9 Å². The summed E-state index contributed by atoms with van der Waals surface area (Å²) in [6.07, 6.45) is 1.08. The van der Waals surface area contributed by atoms with Crippen LogP contribution in [0.4, 0.5) is 8.78 Å². The predicted molar refractivity (Wildman–Crippen MR) is 70.6 cm³/mol. The van der Waals surface area contributed by atoms with Gasteiger partial charge in [-0.1, -0.05) is 0 Å². The molecule has 21 heavy (non-hydrogen) atoms. The number of piperidine rings is 1. The second kappa shape index (κ2) is 6.62. The van der Waals surface area contributed by atoms with Gasteiger partial charge < -0.3 is 10.4 Å². The number of benzene rings is 1. The van der Waals surface area contributed by atoms with E-state index in [1.165, 1.54) is 6.07 Å². The number of rotatable bonds is 4. The zero-order valence-corrected chi connectivity index (χ0v) is 11.3. The molecule has 1 saturated heterocycles. The molecule has 1 fully saturated rings. The van der Waals surface area contributed by atoms with Gasteiger partial charge in [-0.25, -0.2) is 8.78 Å². The van der Waals surface area contributed by atoms with E-state index < -0.39 is 23.5 Å². The van der Waals surface area contributed by atoms with Gasteiger partial charge in [-0.05, 0) is 31.0 Å². The third-order valence-corrected chi connectivity index (χ3v) is 3.58. The van der Waals surface area contributed by atoms with Crippen molar-refractivity contribution >= 4 is 11.9 Å². The maximum absolute atomic E-state index is 13.0. The molecule has 7 heteroatoms. The normalized spacial score (nSPS) is 16.7. The molecular formula is C14H16F2N2O3. The molecule has 5 nitrogen and oxygen atoms in total. The Morgan fingerprint density at radius 1 is 1.24 bits per heavy atom. The third kappa shape index (κ3) is 3.98. The number of amides is 1. The van der Waals surface area contributed by atoms with Gasteiger partial charge in [0.1, 0.15) is 0 Å². The van der Waals surface area contributed by atoms with E-state index in [1.54, 1.807) is 0 Å². The molecule has 2 rings (SSSR count). The standard InChI is InChI=1S/C14H16F2N2O3/c15-11-2-1-10(7-12(11)16)13(19)17-8-18-5-3-9(4-6-18)14(20)21/h1-2,7,9H,3-6,8H2,(H,17,19)(H,20,21). The van der Waals surface area contributed by atoms with Gasteiger partial charge in [0.25, 0.3) is 5.91 Å². The molecule has 0 saturated carbocycles. The van der Waals surface area contributed by atoms with Gasteiger partial charge in [0.05, 0.1) is 12.6 Å². The van der Waals surface area contributed by atoms with Crippen molar-refractivity contribution in [2.45, 2.75) is 12.8 Å². The number of nitrogens with zero attached hydrogens (tertiary/aromatic N) is 1. The zero-order valence-electron chi connectivity index (χ0n) is 11.3. The van der Waals surface area contributed by atoms with Gasteiger partial charge in [0.2, 0.25) is 0 Å². The number of halogens is 2. The SMILES string of the molecule is O=C(NCN1CCC(C(=O)O)CC1)c1ccc(F)c(F)c1. The number of hydrogen-bond acceptors (Lipinski definition) is 3. The molecule has 0 aliphatic carbocycles. The Morgan fingerprint density at radius 2 is 1.90 bits per heavy atom. The second-order valence-corrected chi connectivity index (χ2v) is 5.02. The van der Waals surface area contributed by atoms with E-state index in [-0.39, 0.29) is 18.2 Å². The van der Waals surface area contributed by atoms with Crippen molar-refractivity contribution < 1.29 is 23.5 Å². The summed E-state index contributed by atoms with van der Waals surface area (Å²) in [6.45, 7) is 1.41. The smallest absolute Gasteiger partial charge is 0.306 e. The van der Waals surface area contributed by atoms with Crippen LogP contribution in [-0.2, 0) is 4.79 Å². The molecule has 1 amide bonds. The fourth-order valence-corrected chi connectivity index (χ4v) is 2.26. The first kappa shape index (κ1) is 15.4. The number of carbonyl (C=O) groups excluding carboxylic acids is 1. The summed E-state index contributed by atoms with van der Waals surface area (Å²) in [5, 5.41) is 11.5. The first-order chi connectivity index (χ1) is 9.97. The molecule has 1 heterocycles. The lowest BCUT2D eigenvalue weighted by Gasteiger charge is -2.29. The Hall–Kier alpha value is -2.02. The second-order valence-electron chi connectivity index (χ2n) is 5.02. The summed E-state index contributed by atoms with van der Waals surface area (Å²) in [6, 6.07) is 2.97. The number of carboxylic acid groups (broad SMARTS) is 1. The molecule has 1 aromatic carbocycles. The summed E-state index contributed by atoms with van der Waals surface area (Å²) < 4.78 is 25.8. The fourth-order valence-electron chi connectivity index (χ4n) is 2.26. The van der Waals surface area contributed by atoms with Crippen molar-refractivity contribution in [1.82, 2.24) is 10.2 Å². The minimum atomic E-state index is -1.06. The number of carboxylic acids is 1. The Kier molecular flexibility index (Phi) is 4.85. The van der Waals surface area contributed by atoms with Crippen LogP contribution in [0.25, 0.3) is 0 Å². The van der Waals surface area contributed by atoms with Crippen molar-refractivity contribution in [2.24, 2.45) is 5.92 Å². The zero-order chi connectivity index (χ0) is 15.4. The molecule has 0 radical (unpaired) electrons. The highest BCUT2D eigenvalue weighted by Crippen LogP contribution is 2.16. The number of likely N-dealkylation sites (tertiary alicyclic amines) is 1. The molecule has 1 aliphatic rings. The first-order valence-electron chi connectivity index (χ1n) is 6.66. The molecule has 2 N–H and O–H groups in total. The van der Waals surface area contributed by atoms with Crippen LogP contribution in [0.5, 0.6) is 0 Å². The molecule has 0 bridgehead atoms. The molecular weight excluding hydrogens is 282 g/mol. The van der Waals surface area contributed by atoms with E-state index in [4.69, 9.17) is 5.11 Å². The Balaban J connectivity index is 1.82. The van der Waals surface area contributed by atoms with Gasteiger partial charge >= 0.3 is 5.97 Å². The van der Waals surface area contributed by atoms with Crippen molar-refractivity contribution in [1.29, 1.82) is 0 Å². The lowest BCUT2D eigenvalue weighted by molar-refractivity contribution is -0.143. The van der Waals surface area contributed by atoms with Gasteiger partial charge in [-0.3, -0.25) is 14.5 Å². The average Bonchev–Trinajstić information content (AvgIpc) is 2.48. The monoisotopic (exact) mass is 298 g/mol. The molecule has 114 valence electrons. The molecule has 1 aliphatic heterocycles. The van der Waals surface area contributed by atoms with Crippen LogP contribution < -0.4 is 5.32 Å². The maximum atomic E-state index is 13.0. The Labute approximate surface area is 120 Å². The van der Waals surface area contributed by atoms with E-state index in [1.807, 2.05) is 4.90 Å². The van der Waals surface area contributed by atoms with Crippen LogP contribution in [-0.4, -0.2) is 41.6 Å². The van der Waals surface area contributed by atoms with Crippen LogP contribution in [0.1, 0.15) is 23.2 Å². The highest BCUT2D eigenvalue weighted by atomic mass is 19.2. The topological polar surface area (TPSA) is 69.6 Å². The summed E-state index contributed by atoms with van der Waals surface area (Å²) in [4.78, 5) is 24.5. The minimum absolute atomic E-state index is 0.0503. The summed E-state index contributed by atoms with van der Waals surface area (Å²) in [7, 11) is 0. The quantitative estimate of drug-likeness (QED) is 0.882. The lowest BCUT2D eigenvalue weighted by Crippen LogP contribution is -2.43. The molecule has 1 aromatic rings. The van der Waals surface area contributed by atoms with Gasteiger partial charge in [0.15, 0.2) is 11.6 Å². The van der Waals surface area contributed by atoms with E-state index >= 15 is 0 Å². The number of carbonyl (C=O) groups is 2. The van der Waals surface area contributed by atoms with Crippen LogP contribution in [0.15, 0.2) is 18.2 Å². The fraction of sp³-hybridized carbons (Fsp3) is 0.429. The largest absolute Gasteiger partial charge is 0.481 e. The summed E-state index contributed by atoms with van der Waals surface area (Å²) in [5.41, 5.74) is 0.0503. The van der Waals surface area contributed by atoms with Gasteiger partial charge in [-0.2, -0.15) is 0 Å². The summed E-state index contributed by atoms with van der Waals surface area (Å²) in [5.74, 6) is -3.68. The number of hydrogen-bond donors (Lipinski definition) is 2. The van der Waals surface area contributed by atoms with Crippen molar-refractivity contribution in [3.63, 3.8) is 0 Å². The van der Waals surface area contributed by atoms with Crippen molar-refractivity contribution in [3.05, 3.63) is 35.4 Å². The van der Waals surface area contributed by atoms with Crippen LogP contribution >= 0.6 is 0 Å². The maximum Gasteiger partial charge on any atom is 0.306 e. The molecule has 0 unspecified atom stereocenters. The summed E-state index contributed by atoms with van der Waals surface area (Å²) >= 11 is 0. The van der Waals surface area contributed by atoms with Crippen molar-refractivity contribution in [3.8, 4) is 0 Å². The first-order valence-corrected chi connectivity index (χ1v) is 6.66. The van der Waals surface area contributed by atoms with Gasteiger partial charge in [0, 0.05) is 18.7 Å². The Bertz CT molecular complexity index is 543. The number of nitrogens with one attached hydrogen (secondary N) is 1. The lowest BCUT2D eigenvalue weighted by atomic mass is 9.97. The van der Waals surface area contributed by atoms with Crippen LogP contribution in [0.2, 0.25) is 0 Å². The van der Waals surface area contributed by atoms with E-state index in [2.05, 4.69) is 5.32 Å².